The van der Waals surface area contributed by atoms with Crippen molar-refractivity contribution in [2.24, 2.45) is 0 Å². The Morgan fingerprint density at radius 2 is 1.68 bits per heavy atom. The molecule has 0 bridgehead atoms. The van der Waals surface area contributed by atoms with Gasteiger partial charge in [0.1, 0.15) is 0 Å². The number of rotatable bonds is 10. The Morgan fingerprint density at radius 1 is 0.932 bits per heavy atom. The van der Waals surface area contributed by atoms with E-state index in [1.807, 2.05) is 0 Å². The summed E-state index contributed by atoms with van der Waals surface area (Å²) in [6, 6.07) is 17.6. The molecule has 5 rings (SSSR count). The van der Waals surface area contributed by atoms with Gasteiger partial charge in [0.15, 0.2) is 0 Å². The van der Waals surface area contributed by atoms with Crippen molar-refractivity contribution in [1.82, 2.24) is 14.9 Å². The number of piperidine rings is 1. The number of benzene rings is 3. The zero-order chi connectivity index (χ0) is 31.3. The predicted octanol–water partition coefficient (Wildman–Crippen LogP) is 6.90. The van der Waals surface area contributed by atoms with Gasteiger partial charge in [-0.1, -0.05) is 67.9 Å². The molecule has 1 aliphatic carbocycles. The summed E-state index contributed by atoms with van der Waals surface area (Å²) in [5.41, 5.74) is 3.09. The minimum atomic E-state index is -4.69. The summed E-state index contributed by atoms with van der Waals surface area (Å²) in [7, 11) is -4.38. The molecule has 1 heterocycles. The smallest absolute Gasteiger partial charge is 0.349 e. The summed E-state index contributed by atoms with van der Waals surface area (Å²) in [5, 5.41) is 3.11. The molecule has 1 fully saturated rings. The van der Waals surface area contributed by atoms with Crippen LogP contribution in [-0.2, 0) is 27.4 Å². The minimum Gasteiger partial charge on any atom is -0.349 e. The van der Waals surface area contributed by atoms with Gasteiger partial charge in [0, 0.05) is 13.0 Å². The lowest BCUT2D eigenvalue weighted by molar-refractivity contribution is -0.137. The molecule has 3 aromatic rings. The molecule has 1 amide bonds. The number of hydrogen-bond donors (Lipinski definition) is 2. The van der Waals surface area contributed by atoms with Crippen molar-refractivity contribution >= 4 is 15.9 Å². The number of hydrogen-bond acceptors (Lipinski definition) is 4. The van der Waals surface area contributed by atoms with Gasteiger partial charge in [-0.25, -0.2) is 13.1 Å². The molecule has 0 saturated carbocycles. The highest BCUT2D eigenvalue weighted by molar-refractivity contribution is 7.89. The molecule has 0 spiro atoms. The molecular weight excluding hydrogens is 587 g/mol. The topological polar surface area (TPSA) is 78.5 Å². The quantitative estimate of drug-likeness (QED) is 0.257. The normalized spacial score (nSPS) is 19.1. The summed E-state index contributed by atoms with van der Waals surface area (Å²) >= 11 is 0. The molecule has 3 aromatic carbocycles. The van der Waals surface area contributed by atoms with Crippen molar-refractivity contribution in [2.75, 3.05) is 19.6 Å². The second kappa shape index (κ2) is 13.8. The second-order valence-electron chi connectivity index (χ2n) is 12.0. The van der Waals surface area contributed by atoms with E-state index in [1.165, 1.54) is 30.4 Å². The van der Waals surface area contributed by atoms with Crippen LogP contribution in [0.15, 0.2) is 77.7 Å². The van der Waals surface area contributed by atoms with Crippen LogP contribution in [0.1, 0.15) is 91.3 Å². The molecule has 1 aliphatic heterocycles. The third-order valence-corrected chi connectivity index (χ3v) is 10.2. The maximum atomic E-state index is 13.4. The summed E-state index contributed by atoms with van der Waals surface area (Å²) in [5.74, 6) is 0.0656. The van der Waals surface area contributed by atoms with E-state index in [9.17, 15) is 26.4 Å². The number of nitrogens with one attached hydrogen (secondary N) is 2. The molecule has 2 N–H and O–H groups in total. The lowest BCUT2D eigenvalue weighted by Gasteiger charge is -2.31. The minimum absolute atomic E-state index is 0.200. The number of halogens is 3. The first-order valence-electron chi connectivity index (χ1n) is 15.4. The van der Waals surface area contributed by atoms with E-state index in [0.29, 0.717) is 17.5 Å². The Labute approximate surface area is 258 Å². The zero-order valence-electron chi connectivity index (χ0n) is 24.9. The average Bonchev–Trinajstić information content (AvgIpc) is 3.01. The fourth-order valence-corrected chi connectivity index (χ4v) is 7.64. The Balaban J connectivity index is 1.29. The van der Waals surface area contributed by atoms with Gasteiger partial charge >= 0.3 is 6.18 Å². The van der Waals surface area contributed by atoms with Gasteiger partial charge in [-0.05, 0) is 91.6 Å². The van der Waals surface area contributed by atoms with Crippen LogP contribution >= 0.6 is 0 Å². The van der Waals surface area contributed by atoms with Gasteiger partial charge in [-0.3, -0.25) is 4.79 Å². The maximum absolute atomic E-state index is 13.4. The van der Waals surface area contributed by atoms with Gasteiger partial charge in [0.25, 0.3) is 0 Å². The van der Waals surface area contributed by atoms with Crippen molar-refractivity contribution in [3.05, 3.63) is 101 Å². The standard InChI is InChI=1S/C34H40F3N3O3S/c1-24(23-40-18-6-3-7-19-40)26-16-17-30-27(20-26)12-8-15-31(30)38-33(41)22-32(25-10-4-2-5-11-25)39-44(42,43)29-14-9-13-28(21-29)34(35,36)37/h2,4-5,9-11,13-14,16-17,20-21,24,31-32,39H,3,6-8,12,15,18-19,22-23H2,1H3,(H,38,41)/t24?,31-,32-/m1/s1. The van der Waals surface area contributed by atoms with E-state index in [-0.39, 0.29) is 18.4 Å². The van der Waals surface area contributed by atoms with Crippen molar-refractivity contribution in [3.63, 3.8) is 0 Å². The monoisotopic (exact) mass is 627 g/mol. The molecule has 236 valence electrons. The number of nitrogens with zero attached hydrogens (tertiary/aromatic N) is 1. The number of amides is 1. The fraction of sp³-hybridized carbons (Fsp3) is 0.441. The summed E-state index contributed by atoms with van der Waals surface area (Å²) < 4.78 is 68.8. The van der Waals surface area contributed by atoms with Crippen LogP contribution in [0, 0.1) is 0 Å². The van der Waals surface area contributed by atoms with Crippen LogP contribution in [0.4, 0.5) is 13.2 Å². The Kier molecular flexibility index (Phi) is 10.1. The first-order valence-corrected chi connectivity index (χ1v) is 16.9. The Morgan fingerprint density at radius 3 is 2.41 bits per heavy atom. The van der Waals surface area contributed by atoms with Crippen molar-refractivity contribution < 1.29 is 26.4 Å². The lowest BCUT2D eigenvalue weighted by Crippen LogP contribution is -2.36. The third kappa shape index (κ3) is 8.08. The van der Waals surface area contributed by atoms with E-state index in [2.05, 4.69) is 40.1 Å². The van der Waals surface area contributed by atoms with Crippen LogP contribution in [0.3, 0.4) is 0 Å². The van der Waals surface area contributed by atoms with Crippen molar-refractivity contribution in [2.45, 2.75) is 80.9 Å². The largest absolute Gasteiger partial charge is 0.416 e. The third-order valence-electron chi connectivity index (χ3n) is 8.73. The van der Waals surface area contributed by atoms with Crippen LogP contribution < -0.4 is 10.0 Å². The highest BCUT2D eigenvalue weighted by atomic mass is 32.2. The lowest BCUT2D eigenvalue weighted by atomic mass is 9.84. The number of fused-ring (bicyclic) bond motifs is 1. The van der Waals surface area contributed by atoms with Gasteiger partial charge in [0.2, 0.25) is 15.9 Å². The fourth-order valence-electron chi connectivity index (χ4n) is 6.37. The van der Waals surface area contributed by atoms with Crippen LogP contribution in [0.25, 0.3) is 0 Å². The summed E-state index contributed by atoms with van der Waals surface area (Å²) in [6.07, 6.45) is 1.57. The van der Waals surface area contributed by atoms with Crippen molar-refractivity contribution in [3.8, 4) is 0 Å². The molecular formula is C34H40F3N3O3S. The highest BCUT2D eigenvalue weighted by Gasteiger charge is 2.33. The molecule has 10 heteroatoms. The average molecular weight is 628 g/mol. The highest BCUT2D eigenvalue weighted by Crippen LogP contribution is 2.34. The number of carbonyl (C=O) groups excluding carboxylic acids is 1. The molecule has 6 nitrogen and oxygen atoms in total. The van der Waals surface area contributed by atoms with E-state index < -0.39 is 32.7 Å². The first kappa shape index (κ1) is 32.2. The molecule has 3 atom stereocenters. The SMILES string of the molecule is CC(CN1CCCCC1)c1ccc2c(c1)CCC[C@H]2NC(=O)C[C@@H](NS(=O)(=O)c1cccc(C(F)(F)F)c1)c1ccccc1. The van der Waals surface area contributed by atoms with Gasteiger partial charge in [-0.15, -0.1) is 0 Å². The predicted molar refractivity (Wildman–Crippen MR) is 165 cm³/mol. The number of sulfonamides is 1. The number of alkyl halides is 3. The molecule has 1 saturated heterocycles. The van der Waals surface area contributed by atoms with E-state index in [4.69, 9.17) is 0 Å². The number of aryl methyl sites for hydroxylation is 1. The van der Waals surface area contributed by atoms with Crippen LogP contribution in [-0.4, -0.2) is 38.9 Å². The van der Waals surface area contributed by atoms with E-state index in [0.717, 1.165) is 62.7 Å². The van der Waals surface area contributed by atoms with Gasteiger partial charge < -0.3 is 10.2 Å². The Hall–Kier alpha value is -3.21. The molecule has 0 radical (unpaired) electrons. The second-order valence-corrected chi connectivity index (χ2v) is 13.8. The molecule has 1 unspecified atom stereocenters. The number of carbonyl (C=O) groups is 1. The summed E-state index contributed by atoms with van der Waals surface area (Å²) in [6.45, 7) is 5.62. The van der Waals surface area contributed by atoms with Crippen LogP contribution in [0.5, 0.6) is 0 Å². The van der Waals surface area contributed by atoms with Crippen LogP contribution in [0.2, 0.25) is 0 Å². The molecule has 44 heavy (non-hydrogen) atoms. The van der Waals surface area contributed by atoms with Gasteiger partial charge in [0.05, 0.1) is 22.5 Å². The summed E-state index contributed by atoms with van der Waals surface area (Å²) in [4.78, 5) is 15.4. The number of likely N-dealkylation sites (tertiary alicyclic amines) is 1. The first-order chi connectivity index (χ1) is 21.0. The van der Waals surface area contributed by atoms with Crippen molar-refractivity contribution in [1.29, 1.82) is 0 Å². The molecule has 0 aromatic heterocycles. The van der Waals surface area contributed by atoms with E-state index >= 15 is 0 Å². The van der Waals surface area contributed by atoms with E-state index in [1.54, 1.807) is 30.3 Å². The van der Waals surface area contributed by atoms with Gasteiger partial charge in [-0.2, -0.15) is 13.2 Å². The zero-order valence-corrected chi connectivity index (χ0v) is 25.8. The molecule has 2 aliphatic rings. The maximum Gasteiger partial charge on any atom is 0.416 e. The Bertz CT molecular complexity index is 1540.